The molecule has 0 bridgehead atoms. The largest absolute Gasteiger partial charge is 0.418 e. The highest BCUT2D eigenvalue weighted by molar-refractivity contribution is 5.91. The summed E-state index contributed by atoms with van der Waals surface area (Å²) in [5, 5.41) is 12.6. The zero-order valence-corrected chi connectivity index (χ0v) is 11.7. The van der Waals surface area contributed by atoms with E-state index in [4.69, 9.17) is 0 Å². The van der Waals surface area contributed by atoms with E-state index < -0.39 is 17.6 Å². The van der Waals surface area contributed by atoms with Crippen molar-refractivity contribution in [1.82, 2.24) is 25.6 Å². The number of nitrogens with zero attached hydrogens (tertiary/aromatic N) is 3. The Morgan fingerprint density at radius 1 is 1.27 bits per heavy atom. The molecule has 6 nitrogen and oxygen atoms in total. The van der Waals surface area contributed by atoms with Gasteiger partial charge in [-0.3, -0.25) is 4.79 Å². The number of nitrogens with one attached hydrogen (secondary N) is 2. The first-order chi connectivity index (χ1) is 10.4. The quantitative estimate of drug-likeness (QED) is 0.815. The lowest BCUT2D eigenvalue weighted by Crippen LogP contribution is -2.30. The standard InChI is InChI=1S/C13H14F3N5O/c1-17-6-7-18-12(22)10-8-21(20-19-10)11-5-3-2-4-9(11)13(14,15)16/h2-5,8,17H,6-7H2,1H3,(H,18,22). The molecule has 1 amide bonds. The first-order valence-corrected chi connectivity index (χ1v) is 6.45. The zero-order valence-electron chi connectivity index (χ0n) is 11.7. The maximum atomic E-state index is 13.0. The highest BCUT2D eigenvalue weighted by atomic mass is 19.4. The van der Waals surface area contributed by atoms with Gasteiger partial charge >= 0.3 is 6.18 Å². The van der Waals surface area contributed by atoms with Crippen molar-refractivity contribution in [3.8, 4) is 5.69 Å². The average molecular weight is 313 g/mol. The molecule has 2 N–H and O–H groups in total. The molecule has 0 aliphatic heterocycles. The highest BCUT2D eigenvalue weighted by Crippen LogP contribution is 2.33. The van der Waals surface area contributed by atoms with Crippen LogP contribution in [-0.4, -0.2) is 41.0 Å². The minimum Gasteiger partial charge on any atom is -0.349 e. The molecule has 0 saturated carbocycles. The molecule has 1 heterocycles. The van der Waals surface area contributed by atoms with E-state index in [1.807, 2.05) is 0 Å². The summed E-state index contributed by atoms with van der Waals surface area (Å²) < 4.78 is 39.8. The first-order valence-electron chi connectivity index (χ1n) is 6.45. The van der Waals surface area contributed by atoms with E-state index in [0.717, 1.165) is 10.7 Å². The van der Waals surface area contributed by atoms with Crippen LogP contribution >= 0.6 is 0 Å². The van der Waals surface area contributed by atoms with Crippen molar-refractivity contribution < 1.29 is 18.0 Å². The fourth-order valence-electron chi connectivity index (χ4n) is 1.79. The van der Waals surface area contributed by atoms with Gasteiger partial charge in [0.2, 0.25) is 0 Å². The van der Waals surface area contributed by atoms with Gasteiger partial charge in [0.1, 0.15) is 0 Å². The Kier molecular flexibility index (Phi) is 4.76. The molecule has 2 rings (SSSR count). The summed E-state index contributed by atoms with van der Waals surface area (Å²) in [4.78, 5) is 11.8. The minimum absolute atomic E-state index is 0.0481. The average Bonchev–Trinajstić information content (AvgIpc) is 2.96. The van der Waals surface area contributed by atoms with Gasteiger partial charge in [0, 0.05) is 13.1 Å². The second kappa shape index (κ2) is 6.56. The van der Waals surface area contributed by atoms with E-state index in [0.29, 0.717) is 13.1 Å². The third kappa shape index (κ3) is 3.61. The number of amides is 1. The van der Waals surface area contributed by atoms with Crippen LogP contribution in [0.1, 0.15) is 16.1 Å². The zero-order chi connectivity index (χ0) is 16.2. The lowest BCUT2D eigenvalue weighted by Gasteiger charge is -2.11. The Morgan fingerprint density at radius 3 is 2.68 bits per heavy atom. The molecule has 9 heteroatoms. The molecule has 0 spiro atoms. The number of carbonyl (C=O) groups excluding carboxylic acids is 1. The molecule has 0 aliphatic rings. The monoisotopic (exact) mass is 313 g/mol. The smallest absolute Gasteiger partial charge is 0.349 e. The first kappa shape index (κ1) is 16.0. The number of hydrogen-bond acceptors (Lipinski definition) is 4. The lowest BCUT2D eigenvalue weighted by molar-refractivity contribution is -0.137. The molecule has 0 atom stereocenters. The number of benzene rings is 1. The van der Waals surface area contributed by atoms with Gasteiger partial charge in [0.15, 0.2) is 5.69 Å². The van der Waals surface area contributed by atoms with Crippen LogP contribution in [0.5, 0.6) is 0 Å². The molecule has 0 unspecified atom stereocenters. The predicted molar refractivity (Wildman–Crippen MR) is 72.6 cm³/mol. The number of halogens is 3. The molecule has 22 heavy (non-hydrogen) atoms. The highest BCUT2D eigenvalue weighted by Gasteiger charge is 2.34. The maximum absolute atomic E-state index is 13.0. The number of rotatable bonds is 5. The second-order valence-corrected chi connectivity index (χ2v) is 4.42. The van der Waals surface area contributed by atoms with Crippen LogP contribution in [0.2, 0.25) is 0 Å². The van der Waals surface area contributed by atoms with E-state index in [1.165, 1.54) is 24.4 Å². The van der Waals surface area contributed by atoms with Gasteiger partial charge < -0.3 is 10.6 Å². The fraction of sp³-hybridized carbons (Fsp3) is 0.308. The maximum Gasteiger partial charge on any atom is 0.418 e. The van der Waals surface area contributed by atoms with E-state index in [1.54, 1.807) is 7.05 Å². The van der Waals surface area contributed by atoms with Gasteiger partial charge in [-0.2, -0.15) is 13.2 Å². The third-order valence-corrected chi connectivity index (χ3v) is 2.84. The third-order valence-electron chi connectivity index (χ3n) is 2.84. The number of carbonyl (C=O) groups is 1. The Labute approximate surface area is 124 Å². The summed E-state index contributed by atoms with van der Waals surface area (Å²) >= 11 is 0. The van der Waals surface area contributed by atoms with Crippen LogP contribution < -0.4 is 10.6 Å². The number of para-hydroxylation sites is 1. The number of alkyl halides is 3. The summed E-state index contributed by atoms with van der Waals surface area (Å²) in [6, 6.07) is 4.96. The minimum atomic E-state index is -4.52. The van der Waals surface area contributed by atoms with Crippen molar-refractivity contribution in [3.63, 3.8) is 0 Å². The van der Waals surface area contributed by atoms with E-state index in [9.17, 15) is 18.0 Å². The van der Waals surface area contributed by atoms with Crippen LogP contribution in [0.15, 0.2) is 30.5 Å². The molecule has 1 aromatic heterocycles. The van der Waals surface area contributed by atoms with Crippen molar-refractivity contribution in [3.05, 3.63) is 41.7 Å². The number of aromatic nitrogens is 3. The summed E-state index contributed by atoms with van der Waals surface area (Å²) in [7, 11) is 1.73. The van der Waals surface area contributed by atoms with E-state index >= 15 is 0 Å². The van der Waals surface area contributed by atoms with E-state index in [2.05, 4.69) is 20.9 Å². The predicted octanol–water partition coefficient (Wildman–Crippen LogP) is 1.24. The molecule has 0 aliphatic carbocycles. The van der Waals surface area contributed by atoms with Gasteiger partial charge in [-0.15, -0.1) is 5.10 Å². The van der Waals surface area contributed by atoms with Crippen LogP contribution in [0.4, 0.5) is 13.2 Å². The van der Waals surface area contributed by atoms with Crippen LogP contribution in [-0.2, 0) is 6.18 Å². The molecule has 118 valence electrons. The molecule has 0 saturated heterocycles. The van der Waals surface area contributed by atoms with Crippen molar-refractivity contribution >= 4 is 5.91 Å². The van der Waals surface area contributed by atoms with Gasteiger partial charge in [-0.1, -0.05) is 17.3 Å². The number of hydrogen-bond donors (Lipinski definition) is 2. The van der Waals surface area contributed by atoms with Crippen LogP contribution in [0.3, 0.4) is 0 Å². The van der Waals surface area contributed by atoms with Crippen molar-refractivity contribution in [2.75, 3.05) is 20.1 Å². The van der Waals surface area contributed by atoms with Gasteiger partial charge in [0.05, 0.1) is 17.4 Å². The Hall–Kier alpha value is -2.42. The molecule has 2 aromatic rings. The van der Waals surface area contributed by atoms with Crippen molar-refractivity contribution in [2.45, 2.75) is 6.18 Å². The summed E-state index contributed by atoms with van der Waals surface area (Å²) in [6.45, 7) is 0.943. The normalized spacial score (nSPS) is 11.5. The molecule has 0 radical (unpaired) electrons. The van der Waals surface area contributed by atoms with Gasteiger partial charge in [-0.05, 0) is 19.2 Å². The Balaban J connectivity index is 2.24. The van der Waals surface area contributed by atoms with Crippen LogP contribution in [0, 0.1) is 0 Å². The van der Waals surface area contributed by atoms with Crippen LogP contribution in [0.25, 0.3) is 5.69 Å². The van der Waals surface area contributed by atoms with E-state index in [-0.39, 0.29) is 11.4 Å². The van der Waals surface area contributed by atoms with Gasteiger partial charge in [0.25, 0.3) is 5.91 Å². The fourth-order valence-corrected chi connectivity index (χ4v) is 1.79. The van der Waals surface area contributed by atoms with Gasteiger partial charge in [-0.25, -0.2) is 4.68 Å². The summed E-state index contributed by atoms with van der Waals surface area (Å²) in [6.07, 6.45) is -3.35. The van der Waals surface area contributed by atoms with Crippen molar-refractivity contribution in [1.29, 1.82) is 0 Å². The Morgan fingerprint density at radius 2 is 2.00 bits per heavy atom. The summed E-state index contributed by atoms with van der Waals surface area (Å²) in [5.74, 6) is -0.494. The second-order valence-electron chi connectivity index (χ2n) is 4.42. The molecule has 1 aromatic carbocycles. The lowest BCUT2D eigenvalue weighted by atomic mass is 10.1. The molecular formula is C13H14F3N5O. The topological polar surface area (TPSA) is 71.8 Å². The SMILES string of the molecule is CNCCNC(=O)c1cn(-c2ccccc2C(F)(F)F)nn1. The summed E-state index contributed by atoms with van der Waals surface area (Å²) in [5.41, 5.74) is -1.08. The molecular weight excluding hydrogens is 299 g/mol. The Bertz CT molecular complexity index is 653. The molecule has 0 fully saturated rings. The number of likely N-dealkylation sites (N-methyl/N-ethyl adjacent to an activating group) is 1. The van der Waals surface area contributed by atoms with Crippen molar-refractivity contribution in [2.24, 2.45) is 0 Å².